The molecule has 2 rings (SSSR count). The van der Waals surface area contributed by atoms with Crippen LogP contribution in [0.25, 0.3) is 11.1 Å². The molecule has 102 valence electrons. The van der Waals surface area contributed by atoms with Gasteiger partial charge in [-0.25, -0.2) is 0 Å². The SMILES string of the molecule is O=[N+]([O-])c1ccc(Cl)cc1-c1cc(Cl)ccc1[N+](=O)[O-]. The van der Waals surface area contributed by atoms with Crippen LogP contribution < -0.4 is 0 Å². The van der Waals surface area contributed by atoms with E-state index in [2.05, 4.69) is 0 Å². The van der Waals surface area contributed by atoms with E-state index in [1.54, 1.807) is 0 Å². The molecule has 0 aliphatic rings. The normalized spacial score (nSPS) is 10.3. The summed E-state index contributed by atoms with van der Waals surface area (Å²) in [6.07, 6.45) is 0. The molecule has 2 aromatic carbocycles. The van der Waals surface area contributed by atoms with Gasteiger partial charge in [0.25, 0.3) is 11.4 Å². The van der Waals surface area contributed by atoms with Crippen molar-refractivity contribution in [2.45, 2.75) is 0 Å². The van der Waals surface area contributed by atoms with Gasteiger partial charge >= 0.3 is 0 Å². The summed E-state index contributed by atoms with van der Waals surface area (Å²) in [4.78, 5) is 20.8. The molecule has 0 aromatic heterocycles. The van der Waals surface area contributed by atoms with Gasteiger partial charge in [-0.1, -0.05) is 23.2 Å². The minimum absolute atomic E-state index is 0.0525. The van der Waals surface area contributed by atoms with Gasteiger partial charge in [-0.2, -0.15) is 0 Å². The van der Waals surface area contributed by atoms with Gasteiger partial charge in [-0.3, -0.25) is 20.2 Å². The fraction of sp³-hybridized carbons (Fsp3) is 0. The molecular formula is C12H6Cl2N2O4. The predicted molar refractivity (Wildman–Crippen MR) is 75.2 cm³/mol. The van der Waals surface area contributed by atoms with Crippen LogP contribution in [0.15, 0.2) is 36.4 Å². The van der Waals surface area contributed by atoms with Crippen molar-refractivity contribution < 1.29 is 9.85 Å². The lowest BCUT2D eigenvalue weighted by atomic mass is 10.0. The Hall–Kier alpha value is -2.18. The van der Waals surface area contributed by atoms with Crippen LogP contribution in [0.5, 0.6) is 0 Å². The van der Waals surface area contributed by atoms with Gasteiger partial charge in [-0.15, -0.1) is 0 Å². The Balaban J connectivity index is 2.79. The van der Waals surface area contributed by atoms with Gasteiger partial charge in [0.05, 0.1) is 21.0 Å². The molecule has 0 N–H and O–H groups in total. The lowest BCUT2D eigenvalue weighted by molar-refractivity contribution is -0.386. The Kier molecular flexibility index (Phi) is 3.87. The number of hydrogen-bond donors (Lipinski definition) is 0. The van der Waals surface area contributed by atoms with Crippen LogP contribution in [0.3, 0.4) is 0 Å². The second-order valence-corrected chi connectivity index (χ2v) is 4.71. The van der Waals surface area contributed by atoms with Crippen LogP contribution in [0.4, 0.5) is 11.4 Å². The molecule has 0 fully saturated rings. The molecule has 0 saturated carbocycles. The molecule has 0 saturated heterocycles. The number of hydrogen-bond acceptors (Lipinski definition) is 4. The van der Waals surface area contributed by atoms with E-state index in [4.69, 9.17) is 23.2 Å². The highest BCUT2D eigenvalue weighted by molar-refractivity contribution is 6.31. The van der Waals surface area contributed by atoms with E-state index in [1.165, 1.54) is 36.4 Å². The number of nitro benzene ring substituents is 2. The summed E-state index contributed by atoms with van der Waals surface area (Å²) in [6.45, 7) is 0. The molecule has 0 amide bonds. The fourth-order valence-corrected chi connectivity index (χ4v) is 2.11. The molecule has 2 aromatic rings. The van der Waals surface area contributed by atoms with E-state index < -0.39 is 9.85 Å². The van der Waals surface area contributed by atoms with E-state index in [0.717, 1.165) is 0 Å². The Morgan fingerprint density at radius 3 is 1.40 bits per heavy atom. The first-order valence-electron chi connectivity index (χ1n) is 5.28. The highest BCUT2D eigenvalue weighted by atomic mass is 35.5. The first-order chi connectivity index (χ1) is 9.40. The Labute approximate surface area is 122 Å². The van der Waals surface area contributed by atoms with Crippen molar-refractivity contribution in [1.29, 1.82) is 0 Å². The summed E-state index contributed by atoms with van der Waals surface area (Å²) in [5.74, 6) is 0. The average molecular weight is 313 g/mol. The molecule has 0 heterocycles. The first kappa shape index (κ1) is 14.2. The summed E-state index contributed by atoms with van der Waals surface area (Å²) >= 11 is 11.6. The zero-order chi connectivity index (χ0) is 14.9. The summed E-state index contributed by atoms with van der Waals surface area (Å²) in [5.41, 5.74) is -0.451. The lowest BCUT2D eigenvalue weighted by Crippen LogP contribution is -1.96. The van der Waals surface area contributed by atoms with Crippen molar-refractivity contribution in [2.75, 3.05) is 0 Å². The highest BCUT2D eigenvalue weighted by Crippen LogP contribution is 2.38. The third-order valence-electron chi connectivity index (χ3n) is 2.60. The number of rotatable bonds is 3. The highest BCUT2D eigenvalue weighted by Gasteiger charge is 2.23. The molecule has 0 aliphatic heterocycles. The maximum atomic E-state index is 11.0. The van der Waals surface area contributed by atoms with Crippen molar-refractivity contribution in [3.05, 3.63) is 66.7 Å². The largest absolute Gasteiger partial charge is 0.277 e. The van der Waals surface area contributed by atoms with Gasteiger partial charge in [-0.05, 0) is 24.3 Å². The van der Waals surface area contributed by atoms with Gasteiger partial charge in [0.2, 0.25) is 0 Å². The smallest absolute Gasteiger partial charge is 0.258 e. The van der Waals surface area contributed by atoms with Crippen molar-refractivity contribution in [3.63, 3.8) is 0 Å². The molecule has 0 unspecified atom stereocenters. The van der Waals surface area contributed by atoms with E-state index in [9.17, 15) is 20.2 Å². The van der Waals surface area contributed by atoms with Crippen molar-refractivity contribution in [1.82, 2.24) is 0 Å². The monoisotopic (exact) mass is 312 g/mol. The average Bonchev–Trinajstić information content (AvgIpc) is 2.37. The molecule has 8 heteroatoms. The lowest BCUT2D eigenvalue weighted by Gasteiger charge is -2.05. The molecule has 0 spiro atoms. The third-order valence-corrected chi connectivity index (χ3v) is 3.07. The van der Waals surface area contributed by atoms with E-state index in [1.807, 2.05) is 0 Å². The maximum absolute atomic E-state index is 11.0. The van der Waals surface area contributed by atoms with E-state index in [-0.39, 0.29) is 32.5 Å². The standard InChI is InChI=1S/C12H6Cl2N2O4/c13-7-1-3-11(15(17)18)9(5-7)10-6-8(14)2-4-12(10)16(19)20/h1-6H. The predicted octanol–water partition coefficient (Wildman–Crippen LogP) is 4.48. The summed E-state index contributed by atoms with van der Waals surface area (Å²) in [6, 6.07) is 7.69. The second kappa shape index (κ2) is 5.44. The molecule has 0 bridgehead atoms. The molecular weight excluding hydrogens is 307 g/mol. The molecule has 0 aliphatic carbocycles. The van der Waals surface area contributed by atoms with Crippen molar-refractivity contribution in [2.24, 2.45) is 0 Å². The van der Waals surface area contributed by atoms with E-state index in [0.29, 0.717) is 0 Å². The topological polar surface area (TPSA) is 86.3 Å². The van der Waals surface area contributed by atoms with Gasteiger partial charge in [0, 0.05) is 22.2 Å². The molecule has 0 atom stereocenters. The van der Waals surface area contributed by atoms with Crippen LogP contribution in [0, 0.1) is 20.2 Å². The van der Waals surface area contributed by atoms with Gasteiger partial charge in [0.15, 0.2) is 0 Å². The van der Waals surface area contributed by atoms with E-state index >= 15 is 0 Å². The third kappa shape index (κ3) is 2.71. The van der Waals surface area contributed by atoms with Gasteiger partial charge < -0.3 is 0 Å². The number of nitrogens with zero attached hydrogens (tertiary/aromatic N) is 2. The Morgan fingerprint density at radius 2 is 1.10 bits per heavy atom. The molecule has 0 radical (unpaired) electrons. The quantitative estimate of drug-likeness (QED) is 0.617. The van der Waals surface area contributed by atoms with Gasteiger partial charge in [0.1, 0.15) is 0 Å². The second-order valence-electron chi connectivity index (χ2n) is 3.84. The van der Waals surface area contributed by atoms with Crippen LogP contribution >= 0.6 is 23.2 Å². The number of halogens is 2. The molecule has 20 heavy (non-hydrogen) atoms. The minimum atomic E-state index is -0.629. The van der Waals surface area contributed by atoms with Crippen LogP contribution in [-0.2, 0) is 0 Å². The fourth-order valence-electron chi connectivity index (χ4n) is 1.77. The van der Waals surface area contributed by atoms with Crippen LogP contribution in [-0.4, -0.2) is 9.85 Å². The maximum Gasteiger partial charge on any atom is 0.277 e. The van der Waals surface area contributed by atoms with Crippen molar-refractivity contribution >= 4 is 34.6 Å². The number of nitro groups is 2. The zero-order valence-corrected chi connectivity index (χ0v) is 11.3. The number of benzene rings is 2. The van der Waals surface area contributed by atoms with Crippen molar-refractivity contribution in [3.8, 4) is 11.1 Å². The Morgan fingerprint density at radius 1 is 0.750 bits per heavy atom. The first-order valence-corrected chi connectivity index (χ1v) is 6.04. The molecule has 6 nitrogen and oxygen atoms in total. The van der Waals surface area contributed by atoms with Crippen LogP contribution in [0.2, 0.25) is 10.0 Å². The minimum Gasteiger partial charge on any atom is -0.258 e. The Bertz CT molecular complexity index is 657. The summed E-state index contributed by atoms with van der Waals surface area (Å²) < 4.78 is 0. The zero-order valence-electron chi connectivity index (χ0n) is 9.75. The summed E-state index contributed by atoms with van der Waals surface area (Å²) in [5, 5.41) is 22.5. The van der Waals surface area contributed by atoms with Crippen LogP contribution in [0.1, 0.15) is 0 Å². The summed E-state index contributed by atoms with van der Waals surface area (Å²) in [7, 11) is 0.